The second-order valence-corrected chi connectivity index (χ2v) is 9.30. The summed E-state index contributed by atoms with van der Waals surface area (Å²) in [6, 6.07) is 10.6. The van der Waals surface area contributed by atoms with E-state index in [-0.39, 0.29) is 16.6 Å². The van der Waals surface area contributed by atoms with Crippen molar-refractivity contribution in [3.05, 3.63) is 53.8 Å². The van der Waals surface area contributed by atoms with Gasteiger partial charge in [0.25, 0.3) is 10.0 Å². The zero-order valence-electron chi connectivity index (χ0n) is 15.1. The monoisotopic (exact) mass is 389 g/mol. The van der Waals surface area contributed by atoms with Gasteiger partial charge in [0, 0.05) is 18.2 Å². The van der Waals surface area contributed by atoms with E-state index in [4.69, 9.17) is 5.73 Å². The highest BCUT2D eigenvalue weighted by molar-refractivity contribution is 7.92. The van der Waals surface area contributed by atoms with Gasteiger partial charge in [-0.15, -0.1) is 0 Å². The minimum atomic E-state index is -3.71. The lowest BCUT2D eigenvalue weighted by Gasteiger charge is -2.26. The second-order valence-electron chi connectivity index (χ2n) is 7.43. The van der Waals surface area contributed by atoms with E-state index in [0.717, 1.165) is 37.9 Å². The molecule has 27 heavy (non-hydrogen) atoms. The van der Waals surface area contributed by atoms with Crippen LogP contribution in [0.2, 0.25) is 0 Å². The van der Waals surface area contributed by atoms with E-state index in [2.05, 4.69) is 5.32 Å². The molecule has 0 saturated carbocycles. The number of nitrogens with zero attached hydrogens (tertiary/aromatic N) is 1. The fraction of sp³-hybridized carbons (Fsp3) is 0.400. The molecular weight excluding hydrogens is 365 g/mol. The topological polar surface area (TPSA) is 75.4 Å². The molecule has 1 saturated heterocycles. The third-order valence-corrected chi connectivity index (χ3v) is 7.42. The summed E-state index contributed by atoms with van der Waals surface area (Å²) in [4.78, 5) is 0.203. The average molecular weight is 389 g/mol. The highest BCUT2D eigenvalue weighted by Crippen LogP contribution is 2.43. The predicted octanol–water partition coefficient (Wildman–Crippen LogP) is 3.09. The van der Waals surface area contributed by atoms with Crippen LogP contribution in [0.5, 0.6) is 0 Å². The minimum Gasteiger partial charge on any atom is -0.399 e. The number of piperidine rings is 1. The highest BCUT2D eigenvalue weighted by Gasteiger charge is 2.37. The Bertz CT molecular complexity index is 925. The van der Waals surface area contributed by atoms with Crippen molar-refractivity contribution in [2.45, 2.75) is 30.1 Å². The Morgan fingerprint density at radius 1 is 1.11 bits per heavy atom. The molecule has 1 atom stereocenters. The summed E-state index contributed by atoms with van der Waals surface area (Å²) in [7, 11) is -3.71. The minimum absolute atomic E-state index is 0.0161. The van der Waals surface area contributed by atoms with Gasteiger partial charge in [-0.25, -0.2) is 12.8 Å². The zero-order valence-corrected chi connectivity index (χ0v) is 15.9. The van der Waals surface area contributed by atoms with Crippen molar-refractivity contribution < 1.29 is 12.8 Å². The van der Waals surface area contributed by atoms with Crippen molar-refractivity contribution in [1.29, 1.82) is 0 Å². The molecule has 1 unspecified atom stereocenters. The highest BCUT2D eigenvalue weighted by atomic mass is 32.2. The molecule has 0 aliphatic carbocycles. The molecule has 5 nitrogen and oxygen atoms in total. The maximum atomic E-state index is 13.9. The number of nitrogen functional groups attached to an aromatic ring is 1. The molecule has 7 heteroatoms. The maximum absolute atomic E-state index is 13.9. The largest absolute Gasteiger partial charge is 0.399 e. The van der Waals surface area contributed by atoms with E-state index in [1.165, 1.54) is 28.6 Å². The number of fused-ring (bicyclic) bond motifs is 1. The van der Waals surface area contributed by atoms with Gasteiger partial charge in [0.15, 0.2) is 0 Å². The van der Waals surface area contributed by atoms with Crippen LogP contribution in [0.4, 0.5) is 15.8 Å². The molecule has 0 bridgehead atoms. The fourth-order valence-electron chi connectivity index (χ4n) is 4.19. The normalized spacial score (nSPS) is 20.6. The van der Waals surface area contributed by atoms with Crippen LogP contribution in [0.3, 0.4) is 0 Å². The van der Waals surface area contributed by atoms with E-state index in [0.29, 0.717) is 23.8 Å². The first-order valence-corrected chi connectivity index (χ1v) is 10.8. The Labute approximate surface area is 159 Å². The first-order chi connectivity index (χ1) is 12.9. The lowest BCUT2D eigenvalue weighted by molar-refractivity contribution is 0.335. The van der Waals surface area contributed by atoms with Gasteiger partial charge in [-0.1, -0.05) is 0 Å². The molecule has 2 aliphatic heterocycles. The third kappa shape index (κ3) is 3.53. The molecule has 4 rings (SSSR count). The standard InChI is InChI=1S/C20H24FN3O2S/c21-16-1-6-20-19(12-16)15(11-14-7-9-23-10-8-14)13-24(20)27(25,26)18-4-2-17(22)3-5-18/h1-6,12,14-15,23H,7-11,13,22H2. The number of sulfonamides is 1. The molecule has 0 aromatic heterocycles. The Morgan fingerprint density at radius 3 is 2.52 bits per heavy atom. The third-order valence-electron chi connectivity index (χ3n) is 5.63. The van der Waals surface area contributed by atoms with E-state index < -0.39 is 10.0 Å². The Hall–Kier alpha value is -2.12. The smallest absolute Gasteiger partial charge is 0.264 e. The zero-order chi connectivity index (χ0) is 19.0. The number of rotatable bonds is 4. The van der Waals surface area contributed by atoms with Crippen LogP contribution in [-0.2, 0) is 10.0 Å². The van der Waals surface area contributed by atoms with Gasteiger partial charge in [-0.2, -0.15) is 0 Å². The second kappa shape index (κ2) is 7.13. The summed E-state index contributed by atoms with van der Waals surface area (Å²) < 4.78 is 41.8. The SMILES string of the molecule is Nc1ccc(S(=O)(=O)N2CC(CC3CCNCC3)c3cc(F)ccc32)cc1. The van der Waals surface area contributed by atoms with Crippen LogP contribution in [0.15, 0.2) is 47.4 Å². The van der Waals surface area contributed by atoms with Crippen LogP contribution < -0.4 is 15.4 Å². The molecule has 144 valence electrons. The van der Waals surface area contributed by atoms with Crippen molar-refractivity contribution in [1.82, 2.24) is 5.32 Å². The van der Waals surface area contributed by atoms with Gasteiger partial charge in [0.2, 0.25) is 0 Å². The Morgan fingerprint density at radius 2 is 1.81 bits per heavy atom. The summed E-state index contributed by atoms with van der Waals surface area (Å²) in [5.74, 6) is 0.227. The maximum Gasteiger partial charge on any atom is 0.264 e. The van der Waals surface area contributed by atoms with E-state index >= 15 is 0 Å². The molecule has 0 radical (unpaired) electrons. The van der Waals surface area contributed by atoms with Crippen LogP contribution in [0, 0.1) is 11.7 Å². The number of nitrogens with one attached hydrogen (secondary N) is 1. The molecule has 2 aliphatic rings. The summed E-state index contributed by atoms with van der Waals surface area (Å²) in [5.41, 5.74) is 7.59. The first kappa shape index (κ1) is 18.3. The van der Waals surface area contributed by atoms with E-state index in [1.54, 1.807) is 18.2 Å². The molecule has 3 N–H and O–H groups in total. The molecule has 0 spiro atoms. The summed E-state index contributed by atoms with van der Waals surface area (Å²) in [6.07, 6.45) is 3.03. The van der Waals surface area contributed by atoms with E-state index in [1.807, 2.05) is 0 Å². The number of halogens is 1. The van der Waals surface area contributed by atoms with Crippen molar-refractivity contribution in [3.63, 3.8) is 0 Å². The number of hydrogen-bond acceptors (Lipinski definition) is 4. The fourth-order valence-corrected chi connectivity index (χ4v) is 5.73. The lowest BCUT2D eigenvalue weighted by Crippen LogP contribution is -2.31. The predicted molar refractivity (Wildman–Crippen MR) is 105 cm³/mol. The van der Waals surface area contributed by atoms with Crippen LogP contribution >= 0.6 is 0 Å². The van der Waals surface area contributed by atoms with Crippen molar-refractivity contribution in [3.8, 4) is 0 Å². The van der Waals surface area contributed by atoms with Gasteiger partial charge >= 0.3 is 0 Å². The summed E-state index contributed by atoms with van der Waals surface area (Å²) in [6.45, 7) is 2.33. The number of anilines is 2. The lowest BCUT2D eigenvalue weighted by atomic mass is 9.85. The molecule has 2 aromatic rings. The quantitative estimate of drug-likeness (QED) is 0.788. The Balaban J connectivity index is 1.67. The van der Waals surface area contributed by atoms with Gasteiger partial charge in [-0.05, 0) is 86.3 Å². The number of benzene rings is 2. The summed E-state index contributed by atoms with van der Waals surface area (Å²) >= 11 is 0. The molecular formula is C20H24FN3O2S. The van der Waals surface area contributed by atoms with Gasteiger partial charge in [0.1, 0.15) is 5.82 Å². The molecule has 2 heterocycles. The van der Waals surface area contributed by atoms with Gasteiger partial charge < -0.3 is 11.1 Å². The molecule has 2 aromatic carbocycles. The van der Waals surface area contributed by atoms with Gasteiger partial charge in [0.05, 0.1) is 10.6 Å². The molecule has 1 fully saturated rings. The first-order valence-electron chi connectivity index (χ1n) is 9.33. The number of hydrogen-bond donors (Lipinski definition) is 2. The average Bonchev–Trinajstić information content (AvgIpc) is 3.01. The Kier molecular flexibility index (Phi) is 4.82. The van der Waals surface area contributed by atoms with Crippen LogP contribution in [0.25, 0.3) is 0 Å². The summed E-state index contributed by atoms with van der Waals surface area (Å²) in [5, 5.41) is 3.35. The molecule has 0 amide bonds. The van der Waals surface area contributed by atoms with Crippen LogP contribution in [-0.4, -0.2) is 28.1 Å². The van der Waals surface area contributed by atoms with Crippen LogP contribution in [0.1, 0.15) is 30.7 Å². The van der Waals surface area contributed by atoms with Gasteiger partial charge in [-0.3, -0.25) is 4.31 Å². The number of nitrogens with two attached hydrogens (primary N) is 1. The van der Waals surface area contributed by atoms with Crippen molar-refractivity contribution >= 4 is 21.4 Å². The van der Waals surface area contributed by atoms with E-state index in [9.17, 15) is 12.8 Å². The van der Waals surface area contributed by atoms with Crippen molar-refractivity contribution in [2.24, 2.45) is 5.92 Å². The van der Waals surface area contributed by atoms with Crippen molar-refractivity contribution in [2.75, 3.05) is 29.7 Å².